The van der Waals surface area contributed by atoms with Crippen LogP contribution in [0.4, 0.5) is 17.6 Å². The van der Waals surface area contributed by atoms with E-state index in [0.717, 1.165) is 48.4 Å². The number of benzene rings is 3. The maximum absolute atomic E-state index is 7.20. The molecule has 8 nitrogen and oxygen atoms in total. The molecular formula is C43H53N7OSi. The number of hydrogen-bond donors (Lipinski definition) is 2. The van der Waals surface area contributed by atoms with Gasteiger partial charge in [0.05, 0.1) is 12.3 Å². The molecule has 3 atom stereocenters. The number of nitrogens with zero attached hydrogens (tertiary/aromatic N) is 5. The Morgan fingerprint density at radius 3 is 2.04 bits per heavy atom. The van der Waals surface area contributed by atoms with Gasteiger partial charge < -0.3 is 20.0 Å². The van der Waals surface area contributed by atoms with E-state index in [1.54, 1.807) is 0 Å². The highest BCUT2D eigenvalue weighted by Gasteiger charge is 2.50. The first-order chi connectivity index (χ1) is 25.1. The van der Waals surface area contributed by atoms with Crippen molar-refractivity contribution in [3.8, 4) is 11.3 Å². The summed E-state index contributed by atoms with van der Waals surface area (Å²) in [7, 11) is -2.65. The minimum Gasteiger partial charge on any atom is -0.406 e. The van der Waals surface area contributed by atoms with Crippen molar-refractivity contribution in [2.75, 3.05) is 41.8 Å². The molecule has 0 amide bonds. The fraction of sp³-hybridized carbons (Fsp3) is 0.372. The maximum atomic E-state index is 7.20. The van der Waals surface area contributed by atoms with E-state index in [1.165, 1.54) is 15.9 Å². The van der Waals surface area contributed by atoms with Gasteiger partial charge in [0.25, 0.3) is 8.32 Å². The van der Waals surface area contributed by atoms with Crippen molar-refractivity contribution in [1.82, 2.24) is 19.9 Å². The van der Waals surface area contributed by atoms with Crippen LogP contribution in [0.3, 0.4) is 0 Å². The zero-order valence-electron chi connectivity index (χ0n) is 31.5. The van der Waals surface area contributed by atoms with Gasteiger partial charge in [0.15, 0.2) is 0 Å². The van der Waals surface area contributed by atoms with Gasteiger partial charge in [-0.1, -0.05) is 112 Å². The molecule has 0 saturated carbocycles. The zero-order valence-corrected chi connectivity index (χ0v) is 32.5. The van der Waals surface area contributed by atoms with Crippen LogP contribution in [0.2, 0.25) is 5.04 Å². The zero-order chi connectivity index (χ0) is 36.3. The summed E-state index contributed by atoms with van der Waals surface area (Å²) in [5.41, 5.74) is 3.09. The van der Waals surface area contributed by atoms with Gasteiger partial charge in [-0.2, -0.15) is 4.98 Å². The Bertz CT molecular complexity index is 1880. The normalized spacial score (nSPS) is 18.2. The Balaban J connectivity index is 1.16. The van der Waals surface area contributed by atoms with E-state index in [9.17, 15) is 0 Å². The molecule has 5 aromatic rings. The molecule has 9 heteroatoms. The molecule has 3 unspecified atom stereocenters. The number of anilines is 3. The molecular weight excluding hydrogens is 659 g/mol. The average molecular weight is 712 g/mol. The van der Waals surface area contributed by atoms with Crippen molar-refractivity contribution >= 4 is 36.3 Å². The predicted octanol–water partition coefficient (Wildman–Crippen LogP) is 7.37. The van der Waals surface area contributed by atoms with E-state index in [0.29, 0.717) is 31.3 Å². The second kappa shape index (κ2) is 15.2. The molecule has 2 aliphatic rings. The van der Waals surface area contributed by atoms with Crippen molar-refractivity contribution in [1.29, 1.82) is 0 Å². The molecule has 0 radical (unpaired) electrons. The maximum Gasteiger partial charge on any atom is 0.261 e. The molecule has 4 heterocycles. The summed E-state index contributed by atoms with van der Waals surface area (Å²) in [6.07, 6.45) is 3.02. The summed E-state index contributed by atoms with van der Waals surface area (Å²) >= 11 is 0. The van der Waals surface area contributed by atoms with E-state index >= 15 is 0 Å². The molecule has 270 valence electrons. The van der Waals surface area contributed by atoms with E-state index in [1.807, 2.05) is 18.3 Å². The second-order valence-corrected chi connectivity index (χ2v) is 19.9. The Hall–Kier alpha value is -4.57. The van der Waals surface area contributed by atoms with Crippen molar-refractivity contribution in [2.24, 2.45) is 0 Å². The lowest BCUT2D eigenvalue weighted by atomic mass is 10.1. The monoisotopic (exact) mass is 711 g/mol. The van der Waals surface area contributed by atoms with Gasteiger partial charge in [0.1, 0.15) is 11.6 Å². The van der Waals surface area contributed by atoms with Gasteiger partial charge in [-0.3, -0.25) is 4.90 Å². The number of aromatic nitrogens is 3. The van der Waals surface area contributed by atoms with E-state index in [4.69, 9.17) is 14.4 Å². The molecule has 2 bridgehead atoms. The smallest absolute Gasteiger partial charge is 0.261 e. The van der Waals surface area contributed by atoms with Crippen LogP contribution in [0.1, 0.15) is 59.6 Å². The highest BCUT2D eigenvalue weighted by Crippen LogP contribution is 2.38. The summed E-state index contributed by atoms with van der Waals surface area (Å²) in [5, 5.41) is 9.72. The summed E-state index contributed by atoms with van der Waals surface area (Å²) in [6, 6.07) is 39.9. The molecule has 2 aromatic heterocycles. The Kier molecular flexibility index (Phi) is 10.5. The molecule has 2 aliphatic heterocycles. The number of hydrogen-bond acceptors (Lipinski definition) is 8. The highest BCUT2D eigenvalue weighted by molar-refractivity contribution is 6.99. The lowest BCUT2D eigenvalue weighted by Crippen LogP contribution is -2.66. The number of pyridine rings is 1. The Morgan fingerprint density at radius 2 is 1.44 bits per heavy atom. The van der Waals surface area contributed by atoms with Crippen LogP contribution in [0.5, 0.6) is 0 Å². The van der Waals surface area contributed by atoms with Crippen LogP contribution in [0.25, 0.3) is 11.3 Å². The number of likely N-dealkylation sites (tertiary alicyclic amines) is 1. The molecule has 3 aromatic carbocycles. The first-order valence-corrected chi connectivity index (χ1v) is 20.7. The van der Waals surface area contributed by atoms with Crippen LogP contribution in [0.15, 0.2) is 115 Å². The van der Waals surface area contributed by atoms with E-state index in [-0.39, 0.29) is 11.1 Å². The van der Waals surface area contributed by atoms with Gasteiger partial charge in [-0.25, -0.2) is 9.97 Å². The lowest BCUT2D eigenvalue weighted by molar-refractivity contribution is 0.191. The van der Waals surface area contributed by atoms with Gasteiger partial charge in [0, 0.05) is 61.6 Å². The second-order valence-electron chi connectivity index (χ2n) is 15.6. The number of nitrogens with one attached hydrogen (secondary N) is 2. The van der Waals surface area contributed by atoms with Gasteiger partial charge in [-0.05, 0) is 60.3 Å². The average Bonchev–Trinajstić information content (AvgIpc) is 3.78. The van der Waals surface area contributed by atoms with Crippen molar-refractivity contribution < 1.29 is 4.43 Å². The third-order valence-electron chi connectivity index (χ3n) is 10.8. The van der Waals surface area contributed by atoms with Crippen LogP contribution in [0, 0.1) is 0 Å². The number of rotatable bonds is 13. The molecule has 0 spiro atoms. The van der Waals surface area contributed by atoms with Crippen molar-refractivity contribution in [3.63, 3.8) is 0 Å². The van der Waals surface area contributed by atoms with Crippen LogP contribution >= 0.6 is 0 Å². The molecule has 2 N–H and O–H groups in total. The third-order valence-corrected chi connectivity index (χ3v) is 15.8. The largest absolute Gasteiger partial charge is 0.406 e. The quantitative estimate of drug-likeness (QED) is 0.0969. The number of piperazine rings is 1. The Labute approximate surface area is 310 Å². The van der Waals surface area contributed by atoms with Gasteiger partial charge in [0.2, 0.25) is 5.95 Å². The van der Waals surface area contributed by atoms with Crippen LogP contribution in [-0.4, -0.2) is 72.5 Å². The predicted molar refractivity (Wildman–Crippen MR) is 217 cm³/mol. The van der Waals surface area contributed by atoms with Crippen LogP contribution in [-0.2, 0) is 4.43 Å². The molecule has 7 rings (SSSR count). The first kappa shape index (κ1) is 35.8. The van der Waals surface area contributed by atoms with E-state index < -0.39 is 8.32 Å². The fourth-order valence-electron chi connectivity index (χ4n) is 8.24. The molecule has 52 heavy (non-hydrogen) atoms. The van der Waals surface area contributed by atoms with Gasteiger partial charge in [-0.15, -0.1) is 0 Å². The van der Waals surface area contributed by atoms with Gasteiger partial charge >= 0.3 is 0 Å². The molecule has 2 fully saturated rings. The standard InChI is InChI=1S/C43H53N7OSi/c1-31(2)49-29-36-27-35(49)30-50(36)42-47-39(34-22-23-44-40(26-34)46-32(3)33-16-10-7-11-17-33)28-41(48-42)45-24-25-51-52(43(4,5)6,37-18-12-8-13-19-37)38-20-14-9-15-21-38/h7-23,26,28,31-32,35-36H,24-25,27,29-30H2,1-6H3,(H,44,46)(H,45,47,48). The first-order valence-electron chi connectivity index (χ1n) is 18.8. The van der Waals surface area contributed by atoms with Crippen LogP contribution < -0.4 is 25.9 Å². The third kappa shape index (κ3) is 7.35. The summed E-state index contributed by atoms with van der Waals surface area (Å²) in [4.78, 5) is 20.1. The minimum atomic E-state index is -2.65. The topological polar surface area (TPSA) is 78.4 Å². The lowest BCUT2D eigenvalue weighted by Gasteiger charge is -2.43. The van der Waals surface area contributed by atoms with Crippen molar-refractivity contribution in [3.05, 3.63) is 121 Å². The SMILES string of the molecule is CC(Nc1cc(-c2cc(NCCO[Si](c3ccccc3)(c3ccccc3)C(C)(C)C)nc(N3CC4CC3CN4C(C)C)n2)ccn1)c1ccccc1. The Morgan fingerprint density at radius 1 is 0.788 bits per heavy atom. The summed E-state index contributed by atoms with van der Waals surface area (Å²) in [5.74, 6) is 2.40. The fourth-order valence-corrected chi connectivity index (χ4v) is 12.8. The van der Waals surface area contributed by atoms with Crippen molar-refractivity contribution in [2.45, 2.75) is 77.2 Å². The van der Waals surface area contributed by atoms with E-state index in [2.05, 4.69) is 164 Å². The summed E-state index contributed by atoms with van der Waals surface area (Å²) in [6.45, 7) is 16.9. The highest BCUT2D eigenvalue weighted by atomic mass is 28.4. The molecule has 2 saturated heterocycles. The molecule has 0 aliphatic carbocycles. The number of fused-ring (bicyclic) bond motifs is 2. The minimum absolute atomic E-state index is 0.0883. The summed E-state index contributed by atoms with van der Waals surface area (Å²) < 4.78 is 7.20.